The lowest BCUT2D eigenvalue weighted by Gasteiger charge is -2.22. The molecule has 2 N–H and O–H groups in total. The Morgan fingerprint density at radius 3 is 2.92 bits per heavy atom. The Hall–Kier alpha value is -1.01. The summed E-state index contributed by atoms with van der Waals surface area (Å²) in [5.74, 6) is 2.80. The van der Waals surface area contributed by atoms with Crippen LogP contribution in [0.3, 0.4) is 0 Å². The topological polar surface area (TPSA) is 41.1 Å². The first-order valence-electron chi connectivity index (χ1n) is 4.56. The van der Waals surface area contributed by atoms with E-state index >= 15 is 0 Å². The molecule has 0 aromatic heterocycles. The van der Waals surface area contributed by atoms with Gasteiger partial charge in [0, 0.05) is 19.0 Å². The summed E-state index contributed by atoms with van der Waals surface area (Å²) >= 11 is 0. The van der Waals surface area contributed by atoms with Crippen molar-refractivity contribution in [1.82, 2.24) is 10.6 Å². The van der Waals surface area contributed by atoms with E-state index in [1.807, 2.05) is 13.8 Å². The zero-order chi connectivity index (χ0) is 9.90. The third kappa shape index (κ3) is 3.08. The molecule has 1 rings (SSSR count). The molecular formula is C10H16N2O. The quantitative estimate of drug-likeness (QED) is 0.612. The molecule has 1 fully saturated rings. The first kappa shape index (κ1) is 10.1. The predicted octanol–water partition coefficient (Wildman–Crippen LogP) is 0.266. The lowest BCUT2D eigenvalue weighted by Crippen LogP contribution is -2.45. The summed E-state index contributed by atoms with van der Waals surface area (Å²) in [6.07, 6.45) is 6.87. The molecule has 0 aliphatic carbocycles. The number of hydrogen-bond acceptors (Lipinski definition) is 2. The van der Waals surface area contributed by atoms with Gasteiger partial charge in [0.15, 0.2) is 0 Å². The third-order valence-corrected chi connectivity index (χ3v) is 2.24. The van der Waals surface area contributed by atoms with E-state index in [2.05, 4.69) is 16.6 Å². The second-order valence-corrected chi connectivity index (χ2v) is 3.95. The number of nitrogens with one attached hydrogen (secondary N) is 2. The number of hydrogen-bond donors (Lipinski definition) is 2. The van der Waals surface area contributed by atoms with Gasteiger partial charge in [0.2, 0.25) is 5.91 Å². The SMILES string of the molecule is C#CC(C)(C)NCC1CCC(=O)N1. The molecule has 3 nitrogen and oxygen atoms in total. The summed E-state index contributed by atoms with van der Waals surface area (Å²) in [6, 6.07) is 0.250. The zero-order valence-electron chi connectivity index (χ0n) is 8.18. The molecule has 1 saturated heterocycles. The second-order valence-electron chi connectivity index (χ2n) is 3.95. The maximum atomic E-state index is 10.9. The third-order valence-electron chi connectivity index (χ3n) is 2.24. The van der Waals surface area contributed by atoms with Crippen molar-refractivity contribution in [3.63, 3.8) is 0 Å². The molecule has 1 amide bonds. The van der Waals surface area contributed by atoms with Crippen LogP contribution in [-0.2, 0) is 4.79 Å². The van der Waals surface area contributed by atoms with Crippen LogP contribution in [0.4, 0.5) is 0 Å². The molecule has 0 aromatic carbocycles. The number of carbonyl (C=O) groups is 1. The smallest absolute Gasteiger partial charge is 0.220 e. The maximum absolute atomic E-state index is 10.9. The standard InChI is InChI=1S/C10H16N2O/c1-4-10(2,3)11-7-8-5-6-9(13)12-8/h1,8,11H,5-7H2,2-3H3,(H,12,13). The van der Waals surface area contributed by atoms with Crippen LogP contribution in [-0.4, -0.2) is 24.0 Å². The summed E-state index contributed by atoms with van der Waals surface area (Å²) in [6.45, 7) is 4.65. The van der Waals surface area contributed by atoms with Gasteiger partial charge in [-0.3, -0.25) is 10.1 Å². The van der Waals surface area contributed by atoms with Gasteiger partial charge in [-0.25, -0.2) is 0 Å². The van der Waals surface area contributed by atoms with Crippen molar-refractivity contribution in [2.45, 2.75) is 38.3 Å². The van der Waals surface area contributed by atoms with Gasteiger partial charge in [-0.1, -0.05) is 5.92 Å². The summed E-state index contributed by atoms with van der Waals surface area (Å²) in [5.41, 5.74) is -0.284. The van der Waals surface area contributed by atoms with E-state index < -0.39 is 0 Å². The molecule has 0 aromatic rings. The van der Waals surface area contributed by atoms with Crippen molar-refractivity contribution < 1.29 is 4.79 Å². The Balaban J connectivity index is 2.28. The Labute approximate surface area is 79.3 Å². The van der Waals surface area contributed by atoms with E-state index in [4.69, 9.17) is 6.42 Å². The van der Waals surface area contributed by atoms with Crippen LogP contribution in [0.25, 0.3) is 0 Å². The van der Waals surface area contributed by atoms with Gasteiger partial charge in [0.25, 0.3) is 0 Å². The largest absolute Gasteiger partial charge is 0.352 e. The molecule has 3 heteroatoms. The van der Waals surface area contributed by atoms with Gasteiger partial charge in [-0.05, 0) is 20.3 Å². The highest BCUT2D eigenvalue weighted by Gasteiger charge is 2.22. The number of rotatable bonds is 3. The summed E-state index contributed by atoms with van der Waals surface area (Å²) in [7, 11) is 0. The molecule has 0 saturated carbocycles. The molecule has 1 aliphatic rings. The first-order chi connectivity index (χ1) is 6.03. The number of carbonyl (C=O) groups excluding carboxylic acids is 1. The lowest BCUT2D eigenvalue weighted by molar-refractivity contribution is -0.119. The minimum atomic E-state index is -0.284. The summed E-state index contributed by atoms with van der Waals surface area (Å²) in [5, 5.41) is 6.10. The molecule has 1 unspecified atom stereocenters. The van der Waals surface area contributed by atoms with Gasteiger partial charge in [-0.2, -0.15) is 0 Å². The molecule has 0 spiro atoms. The summed E-state index contributed by atoms with van der Waals surface area (Å²) < 4.78 is 0. The highest BCUT2D eigenvalue weighted by Crippen LogP contribution is 2.07. The van der Waals surface area contributed by atoms with Crippen LogP contribution in [0.15, 0.2) is 0 Å². The van der Waals surface area contributed by atoms with Crippen LogP contribution >= 0.6 is 0 Å². The van der Waals surface area contributed by atoms with Crippen LogP contribution in [0.5, 0.6) is 0 Å². The van der Waals surface area contributed by atoms with Crippen LogP contribution in [0.2, 0.25) is 0 Å². The van der Waals surface area contributed by atoms with Crippen molar-refractivity contribution in [1.29, 1.82) is 0 Å². The average molecular weight is 180 g/mol. The van der Waals surface area contributed by atoms with E-state index in [-0.39, 0.29) is 17.5 Å². The van der Waals surface area contributed by atoms with E-state index in [0.29, 0.717) is 6.42 Å². The minimum Gasteiger partial charge on any atom is -0.352 e. The Bertz CT molecular complexity index is 240. The van der Waals surface area contributed by atoms with Crippen molar-refractivity contribution >= 4 is 5.91 Å². The van der Waals surface area contributed by atoms with Crippen LogP contribution in [0, 0.1) is 12.3 Å². The highest BCUT2D eigenvalue weighted by atomic mass is 16.1. The predicted molar refractivity (Wildman–Crippen MR) is 52.1 cm³/mol. The Kier molecular flexibility index (Phi) is 2.94. The Morgan fingerprint density at radius 1 is 1.77 bits per heavy atom. The average Bonchev–Trinajstić information content (AvgIpc) is 2.48. The zero-order valence-corrected chi connectivity index (χ0v) is 8.18. The molecule has 1 heterocycles. The molecule has 0 bridgehead atoms. The van der Waals surface area contributed by atoms with Crippen LogP contribution in [0.1, 0.15) is 26.7 Å². The fourth-order valence-corrected chi connectivity index (χ4v) is 1.26. The van der Waals surface area contributed by atoms with Crippen molar-refractivity contribution in [2.75, 3.05) is 6.54 Å². The van der Waals surface area contributed by atoms with Crippen molar-refractivity contribution in [3.05, 3.63) is 0 Å². The summed E-state index contributed by atoms with van der Waals surface area (Å²) in [4.78, 5) is 10.9. The molecule has 1 aliphatic heterocycles. The van der Waals surface area contributed by atoms with E-state index in [0.717, 1.165) is 13.0 Å². The minimum absolute atomic E-state index is 0.144. The van der Waals surface area contributed by atoms with Crippen molar-refractivity contribution in [2.24, 2.45) is 0 Å². The van der Waals surface area contributed by atoms with Gasteiger partial charge in [-0.15, -0.1) is 6.42 Å². The molecule has 13 heavy (non-hydrogen) atoms. The van der Waals surface area contributed by atoms with Gasteiger partial charge >= 0.3 is 0 Å². The monoisotopic (exact) mass is 180 g/mol. The normalized spacial score (nSPS) is 22.5. The number of terminal acetylenes is 1. The Morgan fingerprint density at radius 2 is 2.46 bits per heavy atom. The lowest BCUT2D eigenvalue weighted by atomic mass is 10.1. The number of amides is 1. The van der Waals surface area contributed by atoms with Gasteiger partial charge in [0.05, 0.1) is 5.54 Å². The van der Waals surface area contributed by atoms with E-state index in [9.17, 15) is 4.79 Å². The fraction of sp³-hybridized carbons (Fsp3) is 0.700. The molecule has 0 radical (unpaired) electrons. The molecule has 72 valence electrons. The highest BCUT2D eigenvalue weighted by molar-refractivity contribution is 5.78. The van der Waals surface area contributed by atoms with Crippen LogP contribution < -0.4 is 10.6 Å². The molecular weight excluding hydrogens is 164 g/mol. The first-order valence-corrected chi connectivity index (χ1v) is 4.56. The van der Waals surface area contributed by atoms with Gasteiger partial charge in [0.1, 0.15) is 0 Å². The maximum Gasteiger partial charge on any atom is 0.220 e. The van der Waals surface area contributed by atoms with E-state index in [1.165, 1.54) is 0 Å². The van der Waals surface area contributed by atoms with E-state index in [1.54, 1.807) is 0 Å². The van der Waals surface area contributed by atoms with Gasteiger partial charge < -0.3 is 5.32 Å². The fourth-order valence-electron chi connectivity index (χ4n) is 1.26. The van der Waals surface area contributed by atoms with Crippen molar-refractivity contribution in [3.8, 4) is 12.3 Å². The molecule has 1 atom stereocenters. The second kappa shape index (κ2) is 3.80.